The van der Waals surface area contributed by atoms with Crippen LogP contribution in [-0.2, 0) is 27.2 Å². The first-order valence-electron chi connectivity index (χ1n) is 12.1. The molecule has 1 amide bonds. The average Bonchev–Trinajstić information content (AvgIpc) is 2.81. The Morgan fingerprint density at radius 3 is 2.49 bits per heavy atom. The summed E-state index contributed by atoms with van der Waals surface area (Å²) in [5.41, 5.74) is 0.202. The maximum atomic E-state index is 15.4. The van der Waals surface area contributed by atoms with Crippen LogP contribution in [0.3, 0.4) is 0 Å². The van der Waals surface area contributed by atoms with Crippen LogP contribution in [0.4, 0.5) is 9.18 Å². The second-order valence-electron chi connectivity index (χ2n) is 9.13. The number of alkyl carbamates (subject to hydrolysis) is 1. The van der Waals surface area contributed by atoms with E-state index in [9.17, 15) is 14.7 Å². The molecule has 0 aliphatic heterocycles. The minimum absolute atomic E-state index is 0.0192. The van der Waals surface area contributed by atoms with Gasteiger partial charge in [0.15, 0.2) is 5.82 Å². The number of aromatic nitrogens is 1. The van der Waals surface area contributed by atoms with Crippen molar-refractivity contribution in [2.45, 2.75) is 66.5 Å². The normalized spacial score (nSPS) is 12.5. The molecule has 0 saturated heterocycles. The molecule has 0 fully saturated rings. The molecular formula is C28H35FN2O6. The second-order valence-corrected chi connectivity index (χ2v) is 9.13. The number of ether oxygens (including phenoxy) is 3. The van der Waals surface area contributed by atoms with Crippen molar-refractivity contribution in [3.63, 3.8) is 0 Å². The SMILES string of the molecule is CCOC(=O)Cc1ccccc1O/C(=C/C(=C(\C)O)c1ccnc(CNC(=O)OC(C)(C)C)c1F)CC. The summed E-state index contributed by atoms with van der Waals surface area (Å²) in [5, 5.41) is 12.9. The number of benzene rings is 1. The zero-order valence-corrected chi connectivity index (χ0v) is 22.2. The van der Waals surface area contributed by atoms with Crippen LogP contribution in [0, 0.1) is 5.82 Å². The monoisotopic (exact) mass is 514 g/mol. The van der Waals surface area contributed by atoms with Crippen molar-refractivity contribution in [2.75, 3.05) is 6.61 Å². The molecule has 0 atom stereocenters. The van der Waals surface area contributed by atoms with Gasteiger partial charge >= 0.3 is 12.1 Å². The Hall–Kier alpha value is -3.88. The van der Waals surface area contributed by atoms with Crippen LogP contribution < -0.4 is 10.1 Å². The van der Waals surface area contributed by atoms with Crippen LogP contribution in [0.5, 0.6) is 5.75 Å². The Labute approximate surface area is 217 Å². The van der Waals surface area contributed by atoms with Crippen molar-refractivity contribution in [3.8, 4) is 5.75 Å². The van der Waals surface area contributed by atoms with Gasteiger partial charge in [-0.05, 0) is 52.8 Å². The van der Waals surface area contributed by atoms with E-state index in [0.29, 0.717) is 23.5 Å². The summed E-state index contributed by atoms with van der Waals surface area (Å²) < 4.78 is 31.7. The maximum Gasteiger partial charge on any atom is 0.407 e. The third-order valence-electron chi connectivity index (χ3n) is 4.95. The number of carbonyl (C=O) groups is 2. The number of aliphatic hydroxyl groups excluding tert-OH is 1. The lowest BCUT2D eigenvalue weighted by molar-refractivity contribution is -0.142. The number of carbonyl (C=O) groups excluding carboxylic acids is 2. The van der Waals surface area contributed by atoms with Crippen molar-refractivity contribution >= 4 is 17.6 Å². The standard InChI is InChI=1S/C28H35FN2O6/c1-7-20(36-24-12-10-9-11-19(24)15-25(33)35-8-2)16-22(18(3)32)21-13-14-30-23(26(21)29)17-31-27(34)37-28(4,5)6/h9-14,16,32H,7-8,15,17H2,1-6H3,(H,31,34)/b20-16+,22-18-. The van der Waals surface area contributed by atoms with E-state index < -0.39 is 17.5 Å². The number of esters is 1. The molecule has 0 spiro atoms. The highest BCUT2D eigenvalue weighted by Crippen LogP contribution is 2.28. The molecule has 0 aliphatic carbocycles. The van der Waals surface area contributed by atoms with E-state index in [-0.39, 0.29) is 48.1 Å². The lowest BCUT2D eigenvalue weighted by Crippen LogP contribution is -2.32. The molecule has 9 heteroatoms. The van der Waals surface area contributed by atoms with Crippen molar-refractivity contribution < 1.29 is 33.3 Å². The van der Waals surface area contributed by atoms with Crippen LogP contribution in [0.15, 0.2) is 54.1 Å². The minimum Gasteiger partial charge on any atom is -0.512 e. The van der Waals surface area contributed by atoms with Crippen LogP contribution in [0.25, 0.3) is 5.57 Å². The molecule has 1 heterocycles. The molecule has 0 bridgehead atoms. The predicted octanol–water partition coefficient (Wildman–Crippen LogP) is 6.01. The summed E-state index contributed by atoms with van der Waals surface area (Å²) in [4.78, 5) is 28.0. The number of para-hydroxylation sites is 1. The zero-order chi connectivity index (χ0) is 27.6. The molecule has 200 valence electrons. The summed E-state index contributed by atoms with van der Waals surface area (Å²) in [6.07, 6.45) is 2.69. The van der Waals surface area contributed by atoms with Crippen LogP contribution in [0.2, 0.25) is 0 Å². The molecule has 2 N–H and O–H groups in total. The largest absolute Gasteiger partial charge is 0.512 e. The number of halogens is 1. The Balaban J connectivity index is 2.33. The lowest BCUT2D eigenvalue weighted by Gasteiger charge is -2.19. The van der Waals surface area contributed by atoms with Gasteiger partial charge in [0.05, 0.1) is 31.0 Å². The molecule has 0 unspecified atom stereocenters. The number of amides is 1. The van der Waals surface area contributed by atoms with Gasteiger partial charge in [0.25, 0.3) is 0 Å². The van der Waals surface area contributed by atoms with E-state index in [2.05, 4.69) is 10.3 Å². The Bertz CT molecular complexity index is 1160. The number of pyridine rings is 1. The maximum absolute atomic E-state index is 15.4. The first kappa shape index (κ1) is 29.4. The molecule has 2 rings (SSSR count). The highest BCUT2D eigenvalue weighted by atomic mass is 19.1. The highest BCUT2D eigenvalue weighted by molar-refractivity contribution is 5.76. The summed E-state index contributed by atoms with van der Waals surface area (Å²) in [6, 6.07) is 8.48. The molecule has 2 aromatic rings. The average molecular weight is 515 g/mol. The summed E-state index contributed by atoms with van der Waals surface area (Å²) in [6.45, 7) is 10.3. The van der Waals surface area contributed by atoms with E-state index in [0.717, 1.165) is 0 Å². The number of aliphatic hydroxyl groups is 1. The third kappa shape index (κ3) is 9.25. The number of nitrogens with one attached hydrogen (secondary N) is 1. The summed E-state index contributed by atoms with van der Waals surface area (Å²) in [5.74, 6) is -0.318. The van der Waals surface area contributed by atoms with Crippen molar-refractivity contribution in [2.24, 2.45) is 0 Å². The van der Waals surface area contributed by atoms with Gasteiger partial charge in [0, 0.05) is 29.3 Å². The van der Waals surface area contributed by atoms with Crippen molar-refractivity contribution in [1.82, 2.24) is 10.3 Å². The quantitative estimate of drug-likeness (QED) is 0.227. The first-order valence-corrected chi connectivity index (χ1v) is 12.1. The Morgan fingerprint density at radius 1 is 1.16 bits per heavy atom. The van der Waals surface area contributed by atoms with Crippen LogP contribution in [0.1, 0.15) is 64.8 Å². The fraction of sp³-hybridized carbons (Fsp3) is 0.393. The predicted molar refractivity (Wildman–Crippen MR) is 138 cm³/mol. The van der Waals surface area contributed by atoms with Gasteiger partial charge in [0.1, 0.15) is 17.1 Å². The van der Waals surface area contributed by atoms with Crippen molar-refractivity contribution in [1.29, 1.82) is 0 Å². The molecule has 1 aromatic carbocycles. The van der Waals surface area contributed by atoms with Gasteiger partial charge < -0.3 is 24.6 Å². The third-order valence-corrected chi connectivity index (χ3v) is 4.95. The van der Waals surface area contributed by atoms with Gasteiger partial charge in [-0.2, -0.15) is 0 Å². The van der Waals surface area contributed by atoms with E-state index in [1.165, 1.54) is 19.2 Å². The summed E-state index contributed by atoms with van der Waals surface area (Å²) >= 11 is 0. The van der Waals surface area contributed by atoms with Gasteiger partial charge in [-0.25, -0.2) is 9.18 Å². The van der Waals surface area contributed by atoms with E-state index in [4.69, 9.17) is 14.2 Å². The van der Waals surface area contributed by atoms with E-state index in [1.807, 2.05) is 6.92 Å². The van der Waals surface area contributed by atoms with Gasteiger partial charge in [-0.1, -0.05) is 25.1 Å². The first-order chi connectivity index (χ1) is 17.4. The van der Waals surface area contributed by atoms with E-state index >= 15 is 4.39 Å². The Kier molecular flexibility index (Phi) is 10.7. The second kappa shape index (κ2) is 13.4. The highest BCUT2D eigenvalue weighted by Gasteiger charge is 2.19. The minimum atomic E-state index is -0.698. The lowest BCUT2D eigenvalue weighted by atomic mass is 10.0. The molecule has 0 saturated carbocycles. The molecule has 1 aromatic heterocycles. The van der Waals surface area contributed by atoms with Gasteiger partial charge in [-0.15, -0.1) is 0 Å². The molecule has 0 aliphatic rings. The topological polar surface area (TPSA) is 107 Å². The fourth-order valence-electron chi connectivity index (χ4n) is 3.29. The number of nitrogens with zero attached hydrogens (tertiary/aromatic N) is 1. The number of hydrogen-bond donors (Lipinski definition) is 2. The van der Waals surface area contributed by atoms with Crippen LogP contribution >= 0.6 is 0 Å². The molecule has 37 heavy (non-hydrogen) atoms. The zero-order valence-electron chi connectivity index (χ0n) is 22.2. The van der Waals surface area contributed by atoms with E-state index in [1.54, 1.807) is 58.0 Å². The number of rotatable bonds is 10. The molecule has 0 radical (unpaired) electrons. The number of allylic oxidation sites excluding steroid dienone is 4. The molecule has 8 nitrogen and oxygen atoms in total. The number of hydrogen-bond acceptors (Lipinski definition) is 7. The van der Waals surface area contributed by atoms with Crippen LogP contribution in [-0.4, -0.2) is 34.4 Å². The van der Waals surface area contributed by atoms with Gasteiger partial charge in [-0.3, -0.25) is 9.78 Å². The van der Waals surface area contributed by atoms with Crippen molar-refractivity contribution in [3.05, 3.63) is 76.8 Å². The fourth-order valence-corrected chi connectivity index (χ4v) is 3.29. The smallest absolute Gasteiger partial charge is 0.407 e. The molecular weight excluding hydrogens is 479 g/mol. The van der Waals surface area contributed by atoms with Gasteiger partial charge in [0.2, 0.25) is 0 Å². The Morgan fingerprint density at radius 2 is 1.86 bits per heavy atom. The summed E-state index contributed by atoms with van der Waals surface area (Å²) in [7, 11) is 0.